The highest BCUT2D eigenvalue weighted by Crippen LogP contribution is 2.26. The smallest absolute Gasteiger partial charge is 0.333 e. The molecule has 0 spiro atoms. The van der Waals surface area contributed by atoms with E-state index in [1.54, 1.807) is 24.3 Å². The van der Waals surface area contributed by atoms with Crippen LogP contribution in [0.5, 0.6) is 0 Å². The summed E-state index contributed by atoms with van der Waals surface area (Å²) in [6.45, 7) is 2.99. The molecule has 3 rings (SSSR count). The summed E-state index contributed by atoms with van der Waals surface area (Å²) in [5.74, 6) is -0.981. The van der Waals surface area contributed by atoms with E-state index in [0.717, 1.165) is 31.6 Å². The van der Waals surface area contributed by atoms with Gasteiger partial charge in [0.1, 0.15) is 0 Å². The van der Waals surface area contributed by atoms with Gasteiger partial charge in [-0.1, -0.05) is 43.4 Å². The van der Waals surface area contributed by atoms with Crippen molar-refractivity contribution >= 4 is 17.8 Å². The number of hydrogen-bond acceptors (Lipinski definition) is 5. The van der Waals surface area contributed by atoms with Gasteiger partial charge < -0.3 is 9.57 Å². The summed E-state index contributed by atoms with van der Waals surface area (Å²) in [6, 6.07) is 6.45. The van der Waals surface area contributed by atoms with Crippen molar-refractivity contribution in [3.05, 3.63) is 35.4 Å². The molecule has 2 aliphatic rings. The number of unbranched alkanes of at least 4 members (excludes halogenated alkanes) is 2. The van der Waals surface area contributed by atoms with Gasteiger partial charge in [0.2, 0.25) is 0 Å². The van der Waals surface area contributed by atoms with Crippen molar-refractivity contribution in [1.82, 2.24) is 5.06 Å². The summed E-state index contributed by atoms with van der Waals surface area (Å²) in [6.07, 6.45) is 7.78. The summed E-state index contributed by atoms with van der Waals surface area (Å²) in [5.41, 5.74) is 0.536. The minimum atomic E-state index is -0.584. The van der Waals surface area contributed by atoms with Gasteiger partial charge >= 0.3 is 5.97 Å². The zero-order valence-electron chi connectivity index (χ0n) is 15.8. The van der Waals surface area contributed by atoms with Crippen LogP contribution in [0.4, 0.5) is 0 Å². The van der Waals surface area contributed by atoms with Gasteiger partial charge in [-0.05, 0) is 43.7 Å². The maximum atomic E-state index is 12.1. The van der Waals surface area contributed by atoms with Crippen molar-refractivity contribution in [1.29, 1.82) is 0 Å². The van der Waals surface area contributed by atoms with Gasteiger partial charge in [-0.2, -0.15) is 0 Å². The fourth-order valence-electron chi connectivity index (χ4n) is 3.73. The number of fused-ring (bicyclic) bond motifs is 1. The van der Waals surface area contributed by atoms with Gasteiger partial charge in [0.05, 0.1) is 17.2 Å². The van der Waals surface area contributed by atoms with Crippen LogP contribution in [0.2, 0.25) is 0 Å². The van der Waals surface area contributed by atoms with Crippen LogP contribution in [0.3, 0.4) is 0 Å². The van der Waals surface area contributed by atoms with Crippen LogP contribution in [0.15, 0.2) is 24.3 Å². The molecular weight excluding hydrogens is 346 g/mol. The number of imide groups is 1. The number of nitrogens with zero attached hydrogens (tertiary/aromatic N) is 1. The van der Waals surface area contributed by atoms with Crippen LogP contribution >= 0.6 is 0 Å². The number of benzene rings is 1. The van der Waals surface area contributed by atoms with Gasteiger partial charge in [-0.3, -0.25) is 9.59 Å². The van der Waals surface area contributed by atoms with Crippen molar-refractivity contribution in [3.8, 4) is 0 Å². The molecular formula is C21H27NO5. The van der Waals surface area contributed by atoms with Crippen molar-refractivity contribution in [2.24, 2.45) is 5.92 Å². The average molecular weight is 373 g/mol. The van der Waals surface area contributed by atoms with Crippen LogP contribution < -0.4 is 0 Å². The molecule has 1 aromatic rings. The van der Waals surface area contributed by atoms with Gasteiger partial charge in [0, 0.05) is 13.0 Å². The third-order valence-corrected chi connectivity index (χ3v) is 5.22. The molecule has 2 atom stereocenters. The minimum absolute atomic E-state index is 0.174. The molecule has 6 heteroatoms. The summed E-state index contributed by atoms with van der Waals surface area (Å²) < 4.78 is 5.92. The molecule has 0 bridgehead atoms. The highest BCUT2D eigenvalue weighted by atomic mass is 16.7. The molecule has 1 heterocycles. The number of rotatable bonds is 8. The number of ether oxygens (including phenoxy) is 1. The minimum Gasteiger partial charge on any atom is -0.378 e. The Labute approximate surface area is 159 Å². The van der Waals surface area contributed by atoms with E-state index in [9.17, 15) is 14.4 Å². The van der Waals surface area contributed by atoms with Crippen molar-refractivity contribution in [2.45, 2.75) is 64.4 Å². The number of carbonyl (C=O) groups is 3. The number of hydroxylamine groups is 2. The molecule has 1 aromatic carbocycles. The molecule has 0 aromatic heterocycles. The van der Waals surface area contributed by atoms with E-state index in [0.29, 0.717) is 24.2 Å². The van der Waals surface area contributed by atoms with Gasteiger partial charge in [0.25, 0.3) is 11.8 Å². The zero-order chi connectivity index (χ0) is 19.2. The summed E-state index contributed by atoms with van der Waals surface area (Å²) in [7, 11) is 0. The number of hydrogen-bond donors (Lipinski definition) is 0. The third kappa shape index (κ3) is 4.95. The Balaban J connectivity index is 1.31. The van der Waals surface area contributed by atoms with E-state index in [4.69, 9.17) is 9.57 Å². The first-order valence-electron chi connectivity index (χ1n) is 9.86. The summed E-state index contributed by atoms with van der Waals surface area (Å²) in [4.78, 5) is 41.2. The van der Waals surface area contributed by atoms with Crippen molar-refractivity contribution in [2.75, 3.05) is 6.61 Å². The average Bonchev–Trinajstić information content (AvgIpc) is 2.90. The SMILES string of the molecule is CC1CCCC(OCCCCCC(=O)ON2C(=O)c3ccccc3C2=O)C1. The molecule has 0 N–H and O–H groups in total. The molecule has 2 amide bonds. The van der Waals surface area contributed by atoms with Crippen LogP contribution in [0, 0.1) is 5.92 Å². The van der Waals surface area contributed by atoms with Crippen LogP contribution in [-0.2, 0) is 14.4 Å². The number of carbonyl (C=O) groups excluding carboxylic acids is 3. The highest BCUT2D eigenvalue weighted by Gasteiger charge is 2.38. The molecule has 27 heavy (non-hydrogen) atoms. The zero-order valence-corrected chi connectivity index (χ0v) is 15.8. The second-order valence-electron chi connectivity index (χ2n) is 7.49. The molecule has 6 nitrogen and oxygen atoms in total. The standard InChI is InChI=1S/C21H27NO5/c1-15-8-7-9-16(14-15)26-13-6-2-3-12-19(23)27-22-20(24)17-10-4-5-11-18(17)21(22)25/h4-5,10-11,15-16H,2-3,6-9,12-14H2,1H3. The molecule has 0 saturated heterocycles. The maximum absolute atomic E-state index is 12.1. The lowest BCUT2D eigenvalue weighted by Crippen LogP contribution is -2.32. The van der Waals surface area contributed by atoms with E-state index in [1.807, 2.05) is 0 Å². The quantitative estimate of drug-likeness (QED) is 0.510. The Kier molecular flexibility index (Phi) is 6.61. The third-order valence-electron chi connectivity index (χ3n) is 5.22. The van der Waals surface area contributed by atoms with Crippen molar-refractivity contribution < 1.29 is 24.0 Å². The second-order valence-corrected chi connectivity index (χ2v) is 7.49. The van der Waals surface area contributed by atoms with Crippen LogP contribution in [0.25, 0.3) is 0 Å². The molecule has 0 radical (unpaired) electrons. The molecule has 1 fully saturated rings. The number of amides is 2. The first-order chi connectivity index (χ1) is 13.1. The lowest BCUT2D eigenvalue weighted by atomic mass is 9.89. The predicted molar refractivity (Wildman–Crippen MR) is 98.9 cm³/mol. The van der Waals surface area contributed by atoms with E-state index in [-0.39, 0.29) is 17.5 Å². The summed E-state index contributed by atoms with van der Waals surface area (Å²) in [5, 5.41) is 0.570. The Hall–Kier alpha value is -2.21. The first-order valence-corrected chi connectivity index (χ1v) is 9.86. The first kappa shape index (κ1) is 19.5. The normalized spacial score (nSPS) is 22.0. The topological polar surface area (TPSA) is 72.9 Å². The molecule has 2 unspecified atom stereocenters. The monoisotopic (exact) mass is 373 g/mol. The largest absolute Gasteiger partial charge is 0.378 e. The van der Waals surface area contributed by atoms with Crippen LogP contribution in [0.1, 0.15) is 79.0 Å². The predicted octanol–water partition coefficient (Wildman–Crippen LogP) is 3.90. The Morgan fingerprint density at radius 3 is 2.44 bits per heavy atom. The maximum Gasteiger partial charge on any atom is 0.333 e. The van der Waals surface area contributed by atoms with Crippen LogP contribution in [-0.4, -0.2) is 35.6 Å². The Morgan fingerprint density at radius 1 is 1.07 bits per heavy atom. The Bertz CT molecular complexity index is 667. The van der Waals surface area contributed by atoms with E-state index in [1.165, 1.54) is 12.8 Å². The lowest BCUT2D eigenvalue weighted by molar-refractivity contribution is -0.168. The molecule has 1 saturated carbocycles. The second kappa shape index (κ2) is 9.13. The molecule has 1 aliphatic carbocycles. The molecule has 1 aliphatic heterocycles. The van der Waals surface area contributed by atoms with Gasteiger partial charge in [-0.15, -0.1) is 0 Å². The van der Waals surface area contributed by atoms with E-state index in [2.05, 4.69) is 6.92 Å². The van der Waals surface area contributed by atoms with E-state index >= 15 is 0 Å². The van der Waals surface area contributed by atoms with Crippen molar-refractivity contribution in [3.63, 3.8) is 0 Å². The lowest BCUT2D eigenvalue weighted by Gasteiger charge is -2.26. The van der Waals surface area contributed by atoms with E-state index < -0.39 is 17.8 Å². The molecule has 146 valence electrons. The highest BCUT2D eigenvalue weighted by molar-refractivity contribution is 6.20. The fraction of sp³-hybridized carbons (Fsp3) is 0.571. The van der Waals surface area contributed by atoms with Gasteiger partial charge in [0.15, 0.2) is 0 Å². The fourth-order valence-corrected chi connectivity index (χ4v) is 3.73. The van der Waals surface area contributed by atoms with Gasteiger partial charge in [-0.25, -0.2) is 4.79 Å². The summed E-state index contributed by atoms with van der Waals surface area (Å²) >= 11 is 0. The Morgan fingerprint density at radius 2 is 1.78 bits per heavy atom.